The maximum Gasteiger partial charge on any atom is 0.303 e. The van der Waals surface area contributed by atoms with Crippen molar-refractivity contribution in [3.8, 4) is 0 Å². The lowest BCUT2D eigenvalue weighted by atomic mass is 10.3. The van der Waals surface area contributed by atoms with Gasteiger partial charge >= 0.3 is 5.97 Å². The molecule has 0 aliphatic rings. The molecule has 0 saturated carbocycles. The molecule has 0 fully saturated rings. The van der Waals surface area contributed by atoms with Crippen LogP contribution in [0.4, 0.5) is 0 Å². The average Bonchev–Trinajstić information content (AvgIpc) is 2.08. The highest BCUT2D eigenvalue weighted by atomic mass is 33.1. The zero-order valence-electron chi connectivity index (χ0n) is 8.32. The quantitative estimate of drug-likeness (QED) is 0.492. The third-order valence-electron chi connectivity index (χ3n) is 1.46. The predicted octanol–water partition coefficient (Wildman–Crippen LogP) is 2.60. The summed E-state index contributed by atoms with van der Waals surface area (Å²) in [5.74, 6) is 1.35. The second kappa shape index (κ2) is 9.40. The molecular weight excluding hydrogens is 220 g/mol. The Morgan fingerprint density at radius 1 is 1.07 bits per heavy atom. The number of rotatable bonds is 9. The fraction of sp³-hybridized carbons (Fsp3) is 0.778. The second-order valence-corrected chi connectivity index (χ2v) is 5.65. The molecule has 0 unspecified atom stereocenters. The molecule has 0 heterocycles. The molecule has 0 aromatic carbocycles. The molecule has 0 radical (unpaired) electrons. The van der Waals surface area contributed by atoms with E-state index in [1.165, 1.54) is 0 Å². The first-order valence-corrected chi connectivity index (χ1v) is 7.07. The number of Topliss-reactive ketones (excluding diaryl/α,β-unsaturated/α-hetero) is 1. The molecule has 82 valence electrons. The summed E-state index contributed by atoms with van der Waals surface area (Å²) < 4.78 is 0. The molecule has 0 aromatic rings. The van der Waals surface area contributed by atoms with Crippen molar-refractivity contribution in [2.45, 2.75) is 32.6 Å². The first-order chi connectivity index (χ1) is 6.63. The summed E-state index contributed by atoms with van der Waals surface area (Å²) in [7, 11) is 3.41. The van der Waals surface area contributed by atoms with Crippen LogP contribution >= 0.6 is 21.6 Å². The first kappa shape index (κ1) is 13.8. The van der Waals surface area contributed by atoms with Crippen LogP contribution in [-0.4, -0.2) is 28.4 Å². The highest BCUT2D eigenvalue weighted by molar-refractivity contribution is 8.76. The monoisotopic (exact) mass is 236 g/mol. The summed E-state index contributed by atoms with van der Waals surface area (Å²) >= 11 is 0. The van der Waals surface area contributed by atoms with Gasteiger partial charge in [-0.05, 0) is 19.8 Å². The molecule has 14 heavy (non-hydrogen) atoms. The Morgan fingerprint density at radius 3 is 2.00 bits per heavy atom. The van der Waals surface area contributed by atoms with Crippen LogP contribution in [0.2, 0.25) is 0 Å². The van der Waals surface area contributed by atoms with E-state index >= 15 is 0 Å². The summed E-state index contributed by atoms with van der Waals surface area (Å²) in [6, 6.07) is 0. The number of carboxylic acid groups (broad SMARTS) is 1. The molecule has 0 rings (SSSR count). The standard InChI is InChI=1S/C9H16O3S2/c1-8(10)4-2-6-13-14-7-3-5-9(11)12/h2-7H2,1H3,(H,11,12). The Bertz CT molecular complexity index is 163. The van der Waals surface area contributed by atoms with Crippen molar-refractivity contribution < 1.29 is 14.7 Å². The minimum Gasteiger partial charge on any atom is -0.481 e. The maximum atomic E-state index is 10.6. The van der Waals surface area contributed by atoms with E-state index in [1.54, 1.807) is 28.5 Å². The van der Waals surface area contributed by atoms with Crippen LogP contribution in [-0.2, 0) is 9.59 Å². The molecule has 0 spiro atoms. The smallest absolute Gasteiger partial charge is 0.303 e. The van der Waals surface area contributed by atoms with E-state index in [0.29, 0.717) is 6.42 Å². The van der Waals surface area contributed by atoms with E-state index in [1.807, 2.05) is 0 Å². The summed E-state index contributed by atoms with van der Waals surface area (Å²) in [5.41, 5.74) is 0. The van der Waals surface area contributed by atoms with Crippen LogP contribution in [0.3, 0.4) is 0 Å². The summed E-state index contributed by atoms with van der Waals surface area (Å²) in [5, 5.41) is 8.36. The summed E-state index contributed by atoms with van der Waals surface area (Å²) in [6.45, 7) is 1.60. The van der Waals surface area contributed by atoms with Gasteiger partial charge in [0.15, 0.2) is 0 Å². The fourth-order valence-electron chi connectivity index (χ4n) is 0.780. The SMILES string of the molecule is CC(=O)CCCSSCCCC(=O)O. The lowest BCUT2D eigenvalue weighted by Crippen LogP contribution is -1.94. The summed E-state index contributed by atoms with van der Waals surface area (Å²) in [4.78, 5) is 20.7. The van der Waals surface area contributed by atoms with Crippen LogP contribution < -0.4 is 0 Å². The van der Waals surface area contributed by atoms with E-state index < -0.39 is 5.97 Å². The molecule has 0 aromatic heterocycles. The summed E-state index contributed by atoms with van der Waals surface area (Å²) in [6.07, 6.45) is 2.55. The van der Waals surface area contributed by atoms with Gasteiger partial charge in [-0.25, -0.2) is 0 Å². The Kier molecular flexibility index (Phi) is 9.29. The predicted molar refractivity (Wildman–Crippen MR) is 61.7 cm³/mol. The fourth-order valence-corrected chi connectivity index (χ4v) is 2.95. The van der Waals surface area contributed by atoms with E-state index in [9.17, 15) is 9.59 Å². The Morgan fingerprint density at radius 2 is 1.57 bits per heavy atom. The number of carbonyl (C=O) groups excluding carboxylic acids is 1. The number of carboxylic acids is 1. The van der Waals surface area contributed by atoms with E-state index in [4.69, 9.17) is 5.11 Å². The first-order valence-electron chi connectivity index (χ1n) is 4.58. The lowest BCUT2D eigenvalue weighted by Gasteiger charge is -1.98. The van der Waals surface area contributed by atoms with Crippen LogP contribution in [0.5, 0.6) is 0 Å². The van der Waals surface area contributed by atoms with Crippen molar-refractivity contribution >= 4 is 33.3 Å². The number of hydrogen-bond acceptors (Lipinski definition) is 4. The van der Waals surface area contributed by atoms with Gasteiger partial charge in [-0.3, -0.25) is 4.79 Å². The minimum absolute atomic E-state index is 0.237. The minimum atomic E-state index is -0.729. The number of carbonyl (C=O) groups is 2. The van der Waals surface area contributed by atoms with Crippen molar-refractivity contribution in [3.05, 3.63) is 0 Å². The molecule has 0 bridgehead atoms. The van der Waals surface area contributed by atoms with Gasteiger partial charge in [-0.1, -0.05) is 21.6 Å². The van der Waals surface area contributed by atoms with Gasteiger partial charge in [0.05, 0.1) is 0 Å². The van der Waals surface area contributed by atoms with Gasteiger partial charge in [0.2, 0.25) is 0 Å². The van der Waals surface area contributed by atoms with E-state index in [0.717, 1.165) is 24.3 Å². The van der Waals surface area contributed by atoms with Gasteiger partial charge in [0, 0.05) is 24.3 Å². The Balaban J connectivity index is 2.99. The van der Waals surface area contributed by atoms with Gasteiger partial charge in [-0.15, -0.1) is 0 Å². The highest BCUT2D eigenvalue weighted by Gasteiger charge is 1.97. The van der Waals surface area contributed by atoms with E-state index in [2.05, 4.69) is 0 Å². The Labute approximate surface area is 92.4 Å². The zero-order chi connectivity index (χ0) is 10.8. The van der Waals surface area contributed by atoms with Gasteiger partial charge in [0.1, 0.15) is 5.78 Å². The van der Waals surface area contributed by atoms with Crippen LogP contribution in [0.1, 0.15) is 32.6 Å². The third-order valence-corrected chi connectivity index (χ3v) is 4.04. The molecule has 0 saturated heterocycles. The molecule has 0 aliphatic carbocycles. The topological polar surface area (TPSA) is 54.4 Å². The Hall–Kier alpha value is -0.160. The highest BCUT2D eigenvalue weighted by Crippen LogP contribution is 2.23. The zero-order valence-corrected chi connectivity index (χ0v) is 9.96. The maximum absolute atomic E-state index is 10.6. The van der Waals surface area contributed by atoms with E-state index in [-0.39, 0.29) is 12.2 Å². The van der Waals surface area contributed by atoms with Crippen molar-refractivity contribution in [1.82, 2.24) is 0 Å². The largest absolute Gasteiger partial charge is 0.481 e. The van der Waals surface area contributed by atoms with Gasteiger partial charge in [-0.2, -0.15) is 0 Å². The van der Waals surface area contributed by atoms with Crippen LogP contribution in [0.25, 0.3) is 0 Å². The van der Waals surface area contributed by atoms with Gasteiger partial charge < -0.3 is 9.90 Å². The average molecular weight is 236 g/mol. The molecule has 5 heteroatoms. The normalized spacial score (nSPS) is 10.1. The molecule has 0 aliphatic heterocycles. The van der Waals surface area contributed by atoms with Crippen LogP contribution in [0, 0.1) is 0 Å². The molecular formula is C9H16O3S2. The third kappa shape index (κ3) is 11.8. The van der Waals surface area contributed by atoms with Gasteiger partial charge in [0.25, 0.3) is 0 Å². The number of aliphatic carboxylic acids is 1. The second-order valence-electron chi connectivity index (χ2n) is 2.95. The van der Waals surface area contributed by atoms with Crippen molar-refractivity contribution in [2.75, 3.05) is 11.5 Å². The number of ketones is 1. The van der Waals surface area contributed by atoms with Crippen molar-refractivity contribution in [3.63, 3.8) is 0 Å². The lowest BCUT2D eigenvalue weighted by molar-refractivity contribution is -0.137. The number of hydrogen-bond donors (Lipinski definition) is 1. The van der Waals surface area contributed by atoms with Crippen LogP contribution in [0.15, 0.2) is 0 Å². The molecule has 1 N–H and O–H groups in total. The van der Waals surface area contributed by atoms with Crippen molar-refractivity contribution in [2.24, 2.45) is 0 Å². The molecule has 0 atom stereocenters. The molecule has 0 amide bonds. The molecule has 3 nitrogen and oxygen atoms in total. The van der Waals surface area contributed by atoms with Crippen molar-refractivity contribution in [1.29, 1.82) is 0 Å².